The van der Waals surface area contributed by atoms with Crippen molar-refractivity contribution < 1.29 is 9.47 Å². The van der Waals surface area contributed by atoms with E-state index in [9.17, 15) is 0 Å². The van der Waals surface area contributed by atoms with Crippen molar-refractivity contribution in [3.8, 4) is 22.6 Å². The Hall–Kier alpha value is -1.96. The summed E-state index contributed by atoms with van der Waals surface area (Å²) < 4.78 is 10.9. The first-order valence-corrected chi connectivity index (χ1v) is 5.96. The van der Waals surface area contributed by atoms with Crippen molar-refractivity contribution in [3.63, 3.8) is 0 Å². The molecule has 0 saturated carbocycles. The Morgan fingerprint density at radius 2 is 1.44 bits per heavy atom. The van der Waals surface area contributed by atoms with Crippen LogP contribution in [0.2, 0.25) is 0 Å². The zero-order valence-electron chi connectivity index (χ0n) is 11.3. The van der Waals surface area contributed by atoms with Crippen LogP contribution in [0, 0.1) is 13.8 Å². The molecule has 0 radical (unpaired) electrons. The average Bonchev–Trinajstić information content (AvgIpc) is 2.38. The first-order valence-electron chi connectivity index (χ1n) is 5.96. The molecule has 0 aromatic heterocycles. The molecule has 0 aliphatic carbocycles. The molecule has 94 valence electrons. The number of benzene rings is 2. The molecule has 0 aliphatic rings. The second kappa shape index (κ2) is 5.13. The predicted molar refractivity (Wildman–Crippen MR) is 74.5 cm³/mol. The van der Waals surface area contributed by atoms with Crippen LogP contribution in [-0.4, -0.2) is 14.2 Å². The first-order chi connectivity index (χ1) is 8.67. The summed E-state index contributed by atoms with van der Waals surface area (Å²) in [6.45, 7) is 4.20. The van der Waals surface area contributed by atoms with Gasteiger partial charge >= 0.3 is 0 Å². The topological polar surface area (TPSA) is 18.5 Å². The largest absolute Gasteiger partial charge is 0.496 e. The molecule has 2 aromatic carbocycles. The molecule has 2 heteroatoms. The van der Waals surface area contributed by atoms with Gasteiger partial charge in [0.2, 0.25) is 0 Å². The second-order valence-corrected chi connectivity index (χ2v) is 4.36. The lowest BCUT2D eigenvalue weighted by Gasteiger charge is -2.15. The monoisotopic (exact) mass is 242 g/mol. The van der Waals surface area contributed by atoms with E-state index >= 15 is 0 Å². The highest BCUT2D eigenvalue weighted by Gasteiger charge is 2.13. The van der Waals surface area contributed by atoms with Crippen LogP contribution in [0.15, 0.2) is 36.4 Å². The number of methoxy groups -OCH3 is 2. The van der Waals surface area contributed by atoms with Crippen LogP contribution in [0.25, 0.3) is 11.1 Å². The lowest BCUT2D eigenvalue weighted by atomic mass is 9.97. The Morgan fingerprint density at radius 1 is 0.833 bits per heavy atom. The predicted octanol–water partition coefficient (Wildman–Crippen LogP) is 3.99. The molecule has 2 nitrogen and oxygen atoms in total. The highest BCUT2D eigenvalue weighted by Crippen LogP contribution is 2.39. The summed E-state index contributed by atoms with van der Waals surface area (Å²) in [5.41, 5.74) is 4.64. The molecule has 0 saturated heterocycles. The van der Waals surface area contributed by atoms with E-state index in [1.54, 1.807) is 14.2 Å². The van der Waals surface area contributed by atoms with E-state index in [0.717, 1.165) is 22.6 Å². The minimum atomic E-state index is 0.835. The van der Waals surface area contributed by atoms with Gasteiger partial charge in [-0.15, -0.1) is 0 Å². The van der Waals surface area contributed by atoms with Crippen molar-refractivity contribution in [3.05, 3.63) is 47.5 Å². The lowest BCUT2D eigenvalue weighted by molar-refractivity contribution is 0.397. The number of ether oxygens (including phenoxy) is 2. The van der Waals surface area contributed by atoms with Crippen LogP contribution < -0.4 is 9.47 Å². The second-order valence-electron chi connectivity index (χ2n) is 4.36. The molecule has 0 unspecified atom stereocenters. The van der Waals surface area contributed by atoms with Gasteiger partial charge in [-0.3, -0.25) is 0 Å². The summed E-state index contributed by atoms with van der Waals surface area (Å²) in [5, 5.41) is 0. The van der Waals surface area contributed by atoms with Crippen LogP contribution in [0.5, 0.6) is 11.5 Å². The quantitative estimate of drug-likeness (QED) is 0.810. The molecular formula is C16H18O2. The number of hydrogen-bond acceptors (Lipinski definition) is 2. The Bertz CT molecular complexity index is 537. The summed E-state index contributed by atoms with van der Waals surface area (Å²) >= 11 is 0. The van der Waals surface area contributed by atoms with Gasteiger partial charge in [0.25, 0.3) is 0 Å². The molecule has 0 aliphatic heterocycles. The van der Waals surface area contributed by atoms with Crippen LogP contribution in [0.3, 0.4) is 0 Å². The normalized spacial score (nSPS) is 10.2. The van der Waals surface area contributed by atoms with Gasteiger partial charge in [-0.1, -0.05) is 29.8 Å². The van der Waals surface area contributed by atoms with E-state index in [0.29, 0.717) is 0 Å². The van der Waals surface area contributed by atoms with Gasteiger partial charge in [0.1, 0.15) is 11.5 Å². The molecule has 0 fully saturated rings. The zero-order chi connectivity index (χ0) is 13.1. The Kier molecular flexibility index (Phi) is 3.56. The van der Waals surface area contributed by atoms with Gasteiger partial charge in [-0.25, -0.2) is 0 Å². The molecule has 18 heavy (non-hydrogen) atoms. The molecule has 0 amide bonds. The van der Waals surface area contributed by atoms with E-state index in [-0.39, 0.29) is 0 Å². The maximum atomic E-state index is 5.45. The molecule has 2 rings (SSSR count). The minimum absolute atomic E-state index is 0.835. The highest BCUT2D eigenvalue weighted by atomic mass is 16.5. The van der Waals surface area contributed by atoms with Gasteiger partial charge in [-0.2, -0.15) is 0 Å². The SMILES string of the molecule is COc1cccc(OC)c1-c1ccc(C)cc1C. The van der Waals surface area contributed by atoms with Crippen molar-refractivity contribution in [1.82, 2.24) is 0 Å². The summed E-state index contributed by atoms with van der Waals surface area (Å²) in [5.74, 6) is 1.67. The fraction of sp³-hybridized carbons (Fsp3) is 0.250. The van der Waals surface area contributed by atoms with Crippen molar-refractivity contribution in [2.75, 3.05) is 14.2 Å². The Morgan fingerprint density at radius 3 is 1.94 bits per heavy atom. The molecule has 0 heterocycles. The average molecular weight is 242 g/mol. The van der Waals surface area contributed by atoms with E-state index in [1.165, 1.54) is 11.1 Å². The van der Waals surface area contributed by atoms with E-state index in [1.807, 2.05) is 18.2 Å². The van der Waals surface area contributed by atoms with E-state index in [4.69, 9.17) is 9.47 Å². The maximum Gasteiger partial charge on any atom is 0.130 e. The van der Waals surface area contributed by atoms with Crippen molar-refractivity contribution in [2.45, 2.75) is 13.8 Å². The third kappa shape index (κ3) is 2.19. The van der Waals surface area contributed by atoms with Gasteiger partial charge < -0.3 is 9.47 Å². The summed E-state index contributed by atoms with van der Waals surface area (Å²) in [6, 6.07) is 12.2. The molecule has 0 spiro atoms. The summed E-state index contributed by atoms with van der Waals surface area (Å²) in [6.07, 6.45) is 0. The summed E-state index contributed by atoms with van der Waals surface area (Å²) in [7, 11) is 3.36. The standard InChI is InChI=1S/C16H18O2/c1-11-8-9-13(12(2)10-11)16-14(17-3)6-5-7-15(16)18-4/h5-10H,1-4H3. The molecule has 2 aromatic rings. The first kappa shape index (κ1) is 12.5. The maximum absolute atomic E-state index is 5.45. The van der Waals surface area contributed by atoms with Gasteiger partial charge in [-0.05, 0) is 37.1 Å². The van der Waals surface area contributed by atoms with Gasteiger partial charge in [0.15, 0.2) is 0 Å². The smallest absolute Gasteiger partial charge is 0.130 e. The lowest BCUT2D eigenvalue weighted by Crippen LogP contribution is -1.94. The minimum Gasteiger partial charge on any atom is -0.496 e. The van der Waals surface area contributed by atoms with Gasteiger partial charge in [0, 0.05) is 0 Å². The Balaban J connectivity index is 2.68. The molecule has 0 bridgehead atoms. The summed E-state index contributed by atoms with van der Waals surface area (Å²) in [4.78, 5) is 0. The van der Waals surface area contributed by atoms with E-state index < -0.39 is 0 Å². The molecule has 0 N–H and O–H groups in total. The van der Waals surface area contributed by atoms with Gasteiger partial charge in [0.05, 0.1) is 19.8 Å². The highest BCUT2D eigenvalue weighted by molar-refractivity contribution is 5.79. The van der Waals surface area contributed by atoms with Crippen LogP contribution in [0.4, 0.5) is 0 Å². The molecular weight excluding hydrogens is 224 g/mol. The van der Waals surface area contributed by atoms with Crippen LogP contribution in [0.1, 0.15) is 11.1 Å². The van der Waals surface area contributed by atoms with Crippen LogP contribution >= 0.6 is 0 Å². The van der Waals surface area contributed by atoms with Crippen molar-refractivity contribution >= 4 is 0 Å². The zero-order valence-corrected chi connectivity index (χ0v) is 11.3. The fourth-order valence-electron chi connectivity index (χ4n) is 2.21. The third-order valence-electron chi connectivity index (χ3n) is 3.08. The van der Waals surface area contributed by atoms with Crippen molar-refractivity contribution in [1.29, 1.82) is 0 Å². The van der Waals surface area contributed by atoms with E-state index in [2.05, 4.69) is 32.0 Å². The Labute approximate surface area is 108 Å². The fourth-order valence-corrected chi connectivity index (χ4v) is 2.21. The van der Waals surface area contributed by atoms with Crippen LogP contribution in [-0.2, 0) is 0 Å². The third-order valence-corrected chi connectivity index (χ3v) is 3.08. The number of rotatable bonds is 3. The number of hydrogen-bond donors (Lipinski definition) is 0. The van der Waals surface area contributed by atoms with Crippen molar-refractivity contribution in [2.24, 2.45) is 0 Å². The number of aryl methyl sites for hydroxylation is 2. The molecule has 0 atom stereocenters.